The molecule has 0 aromatic heterocycles. The highest BCUT2D eigenvalue weighted by molar-refractivity contribution is 7.89. The second-order valence-corrected chi connectivity index (χ2v) is 6.51. The third-order valence-corrected chi connectivity index (χ3v) is 3.98. The number of Topliss-reactive ketones (excluding diaryl/α,β-unsaturated/α-hetero) is 1. The Morgan fingerprint density at radius 1 is 1.21 bits per heavy atom. The number of nitrogens with one attached hydrogen (secondary N) is 1. The number of carbonyl (C=O) groups is 1. The fourth-order valence-electron chi connectivity index (χ4n) is 1.45. The molecule has 0 radical (unpaired) electrons. The molecule has 6 heteroatoms. The zero-order valence-corrected chi connectivity index (χ0v) is 12.1. The first kappa shape index (κ1) is 15.8. The van der Waals surface area contributed by atoms with Gasteiger partial charge in [-0.1, -0.05) is 26.0 Å². The zero-order valence-electron chi connectivity index (χ0n) is 11.3. The zero-order chi connectivity index (χ0) is 14.6. The first-order chi connectivity index (χ1) is 8.74. The summed E-state index contributed by atoms with van der Waals surface area (Å²) in [6, 6.07) is 5.78. The number of ketones is 1. The van der Waals surface area contributed by atoms with Crippen molar-refractivity contribution < 1.29 is 18.3 Å². The van der Waals surface area contributed by atoms with E-state index >= 15 is 0 Å². The van der Waals surface area contributed by atoms with E-state index in [1.54, 1.807) is 13.8 Å². The molecule has 0 heterocycles. The smallest absolute Gasteiger partial charge is 0.240 e. The topological polar surface area (TPSA) is 83.5 Å². The minimum atomic E-state index is -3.64. The molecule has 0 saturated heterocycles. The number of benzene rings is 1. The van der Waals surface area contributed by atoms with Crippen LogP contribution in [0.15, 0.2) is 29.2 Å². The predicted octanol–water partition coefficient (Wildman–Crippen LogP) is 1.18. The van der Waals surface area contributed by atoms with Crippen molar-refractivity contribution in [1.82, 2.24) is 4.72 Å². The third kappa shape index (κ3) is 4.41. The third-order valence-electron chi connectivity index (χ3n) is 2.54. The summed E-state index contributed by atoms with van der Waals surface area (Å²) in [5, 5.41) is 9.07. The van der Waals surface area contributed by atoms with E-state index in [4.69, 9.17) is 5.11 Å². The average Bonchev–Trinajstić information content (AvgIpc) is 2.35. The number of aliphatic hydroxyl groups is 1. The summed E-state index contributed by atoms with van der Waals surface area (Å²) in [6.07, 6.45) is -0.753. The van der Waals surface area contributed by atoms with Gasteiger partial charge in [0.1, 0.15) is 0 Å². The maximum atomic E-state index is 11.8. The molecule has 1 aromatic rings. The second-order valence-electron chi connectivity index (χ2n) is 4.74. The highest BCUT2D eigenvalue weighted by atomic mass is 32.2. The molecule has 0 saturated carbocycles. The predicted molar refractivity (Wildman–Crippen MR) is 72.5 cm³/mol. The molecule has 1 aromatic carbocycles. The molecule has 1 atom stereocenters. The van der Waals surface area contributed by atoms with Gasteiger partial charge in [-0.15, -0.1) is 0 Å². The Hall–Kier alpha value is -1.24. The van der Waals surface area contributed by atoms with Crippen molar-refractivity contribution in [2.24, 2.45) is 5.92 Å². The minimum Gasteiger partial charge on any atom is -0.392 e. The van der Waals surface area contributed by atoms with Gasteiger partial charge in [-0.2, -0.15) is 0 Å². The van der Waals surface area contributed by atoms with Gasteiger partial charge in [-0.3, -0.25) is 4.79 Å². The van der Waals surface area contributed by atoms with Gasteiger partial charge in [-0.05, 0) is 19.1 Å². The maximum absolute atomic E-state index is 11.8. The van der Waals surface area contributed by atoms with Crippen LogP contribution in [0.2, 0.25) is 0 Å². The summed E-state index contributed by atoms with van der Waals surface area (Å²) >= 11 is 0. The van der Waals surface area contributed by atoms with E-state index in [1.165, 1.54) is 31.2 Å². The lowest BCUT2D eigenvalue weighted by Crippen LogP contribution is -2.30. The summed E-state index contributed by atoms with van der Waals surface area (Å²) in [5.41, 5.74) is 0.490. The van der Waals surface area contributed by atoms with Crippen molar-refractivity contribution in [3.8, 4) is 0 Å². The van der Waals surface area contributed by atoms with Crippen LogP contribution in [0.25, 0.3) is 0 Å². The van der Waals surface area contributed by atoms with Crippen molar-refractivity contribution in [2.45, 2.75) is 31.8 Å². The number of hydrogen-bond acceptors (Lipinski definition) is 4. The number of rotatable bonds is 6. The van der Waals surface area contributed by atoms with E-state index in [0.29, 0.717) is 5.56 Å². The molecule has 1 unspecified atom stereocenters. The van der Waals surface area contributed by atoms with Crippen molar-refractivity contribution in [1.29, 1.82) is 0 Å². The SMILES string of the molecule is CC(O)CNS(=O)(=O)c1ccc(C(=O)C(C)C)cc1. The largest absolute Gasteiger partial charge is 0.392 e. The van der Waals surface area contributed by atoms with Crippen LogP contribution in [0.1, 0.15) is 31.1 Å². The van der Waals surface area contributed by atoms with Crippen LogP contribution in [0, 0.1) is 5.92 Å². The average molecular weight is 285 g/mol. The molecular weight excluding hydrogens is 266 g/mol. The number of hydrogen-bond donors (Lipinski definition) is 2. The van der Waals surface area contributed by atoms with Crippen LogP contribution in [0.4, 0.5) is 0 Å². The standard InChI is InChI=1S/C13H19NO4S/c1-9(2)13(16)11-4-6-12(7-5-11)19(17,18)14-8-10(3)15/h4-7,9-10,14-15H,8H2,1-3H3. The van der Waals surface area contributed by atoms with Gasteiger partial charge in [0.15, 0.2) is 5.78 Å². The quantitative estimate of drug-likeness (QED) is 0.769. The molecule has 0 aliphatic carbocycles. The fraction of sp³-hybridized carbons (Fsp3) is 0.462. The lowest BCUT2D eigenvalue weighted by Gasteiger charge is -2.09. The lowest BCUT2D eigenvalue weighted by atomic mass is 10.0. The molecule has 0 spiro atoms. The summed E-state index contributed by atoms with van der Waals surface area (Å²) in [7, 11) is -3.64. The summed E-state index contributed by atoms with van der Waals surface area (Å²) < 4.78 is 26.0. The monoisotopic (exact) mass is 285 g/mol. The summed E-state index contributed by atoms with van der Waals surface area (Å²) in [4.78, 5) is 11.8. The van der Waals surface area contributed by atoms with Crippen molar-refractivity contribution in [2.75, 3.05) is 6.54 Å². The Labute approximate surface area is 113 Å². The maximum Gasteiger partial charge on any atom is 0.240 e. The van der Waals surface area contributed by atoms with Crippen molar-refractivity contribution >= 4 is 15.8 Å². The van der Waals surface area contributed by atoms with Gasteiger partial charge in [0.05, 0.1) is 11.0 Å². The molecule has 19 heavy (non-hydrogen) atoms. The number of carbonyl (C=O) groups excluding carboxylic acids is 1. The Morgan fingerprint density at radius 3 is 2.16 bits per heavy atom. The molecule has 5 nitrogen and oxygen atoms in total. The molecule has 106 valence electrons. The van der Waals surface area contributed by atoms with Crippen LogP contribution in [0.3, 0.4) is 0 Å². The van der Waals surface area contributed by atoms with E-state index < -0.39 is 16.1 Å². The van der Waals surface area contributed by atoms with E-state index in [1.807, 2.05) is 0 Å². The van der Waals surface area contributed by atoms with Gasteiger partial charge in [0.25, 0.3) is 0 Å². The Balaban J connectivity index is 2.90. The molecule has 1 rings (SSSR count). The number of aliphatic hydroxyl groups excluding tert-OH is 1. The van der Waals surface area contributed by atoms with Crippen molar-refractivity contribution in [3.05, 3.63) is 29.8 Å². The van der Waals surface area contributed by atoms with Crippen molar-refractivity contribution in [3.63, 3.8) is 0 Å². The summed E-state index contributed by atoms with van der Waals surface area (Å²) in [6.45, 7) is 5.02. The molecule has 2 N–H and O–H groups in total. The highest BCUT2D eigenvalue weighted by Crippen LogP contribution is 2.13. The van der Waals surface area contributed by atoms with Crippen LogP contribution in [-0.4, -0.2) is 32.0 Å². The molecule has 0 fully saturated rings. The van der Waals surface area contributed by atoms with Gasteiger partial charge in [0.2, 0.25) is 10.0 Å². The van der Waals surface area contributed by atoms with Crippen LogP contribution < -0.4 is 4.72 Å². The van der Waals surface area contributed by atoms with E-state index in [0.717, 1.165) is 0 Å². The van der Waals surface area contributed by atoms with Gasteiger partial charge in [-0.25, -0.2) is 13.1 Å². The van der Waals surface area contributed by atoms with Gasteiger partial charge < -0.3 is 5.11 Å². The Kier molecular flexibility index (Phi) is 5.22. The Morgan fingerprint density at radius 2 is 1.74 bits per heavy atom. The highest BCUT2D eigenvalue weighted by Gasteiger charge is 2.16. The first-order valence-corrected chi connectivity index (χ1v) is 7.54. The van der Waals surface area contributed by atoms with Gasteiger partial charge >= 0.3 is 0 Å². The molecular formula is C13H19NO4S. The van der Waals surface area contributed by atoms with E-state index in [2.05, 4.69) is 4.72 Å². The molecule has 0 amide bonds. The normalized spacial score (nSPS) is 13.5. The minimum absolute atomic E-state index is 0.0270. The van der Waals surface area contributed by atoms with Crippen LogP contribution in [-0.2, 0) is 10.0 Å². The fourth-order valence-corrected chi connectivity index (χ4v) is 2.57. The van der Waals surface area contributed by atoms with E-state index in [-0.39, 0.29) is 23.1 Å². The first-order valence-electron chi connectivity index (χ1n) is 6.06. The van der Waals surface area contributed by atoms with Crippen LogP contribution in [0.5, 0.6) is 0 Å². The Bertz CT molecular complexity index is 532. The van der Waals surface area contributed by atoms with E-state index in [9.17, 15) is 13.2 Å². The number of sulfonamides is 1. The molecule has 0 bridgehead atoms. The molecule has 0 aliphatic heterocycles. The van der Waals surface area contributed by atoms with Gasteiger partial charge in [0, 0.05) is 18.0 Å². The molecule has 0 aliphatic rings. The second kappa shape index (κ2) is 6.27. The summed E-state index contributed by atoms with van der Waals surface area (Å²) in [5.74, 6) is -0.156. The lowest BCUT2D eigenvalue weighted by molar-refractivity contribution is 0.0939. The van der Waals surface area contributed by atoms with Crippen LogP contribution >= 0.6 is 0 Å².